The molecule has 0 radical (unpaired) electrons. The van der Waals surface area contributed by atoms with Crippen molar-refractivity contribution < 1.29 is 23.5 Å². The van der Waals surface area contributed by atoms with E-state index in [0.717, 1.165) is 0 Å². The molecule has 0 atom stereocenters. The number of carbonyl (C=O) groups is 2. The van der Waals surface area contributed by atoms with Crippen LogP contribution in [0.1, 0.15) is 0 Å². The van der Waals surface area contributed by atoms with E-state index in [2.05, 4.69) is 9.47 Å². The minimum absolute atomic E-state index is 0.0105. The average molecular weight is 315 g/mol. The molecule has 21 heavy (non-hydrogen) atoms. The summed E-state index contributed by atoms with van der Waals surface area (Å²) in [6, 6.07) is 6.46. The van der Waals surface area contributed by atoms with Crippen molar-refractivity contribution in [3.8, 4) is 0 Å². The number of methoxy groups -OCH3 is 2. The molecule has 5 nitrogen and oxygen atoms in total. The SMILES string of the molecule is COC(=O)CN(CCSc1ccccc1F)CC(=O)OC. The Balaban J connectivity index is 2.50. The highest BCUT2D eigenvalue weighted by atomic mass is 32.2. The number of ether oxygens (including phenoxy) is 2. The Morgan fingerprint density at radius 3 is 2.24 bits per heavy atom. The van der Waals surface area contributed by atoms with E-state index in [1.54, 1.807) is 23.1 Å². The van der Waals surface area contributed by atoms with Crippen LogP contribution >= 0.6 is 11.8 Å². The van der Waals surface area contributed by atoms with Crippen LogP contribution in [0, 0.1) is 5.82 Å². The maximum absolute atomic E-state index is 13.5. The maximum Gasteiger partial charge on any atom is 0.319 e. The number of carbonyl (C=O) groups excluding carboxylic acids is 2. The minimum atomic E-state index is -0.435. The normalized spacial score (nSPS) is 10.5. The van der Waals surface area contributed by atoms with Crippen LogP contribution in [-0.2, 0) is 19.1 Å². The predicted octanol–water partition coefficient (Wildman–Crippen LogP) is 1.57. The first-order chi connectivity index (χ1) is 10.1. The molecule has 116 valence electrons. The fourth-order valence-corrected chi connectivity index (χ4v) is 2.50. The van der Waals surface area contributed by atoms with Crippen LogP contribution < -0.4 is 0 Å². The molecule has 0 bridgehead atoms. The third-order valence-corrected chi connectivity index (χ3v) is 3.69. The molecule has 0 saturated carbocycles. The van der Waals surface area contributed by atoms with Gasteiger partial charge in [-0.15, -0.1) is 11.8 Å². The molecule has 0 spiro atoms. The van der Waals surface area contributed by atoms with Gasteiger partial charge in [0.1, 0.15) is 5.82 Å². The van der Waals surface area contributed by atoms with Crippen molar-refractivity contribution in [3.63, 3.8) is 0 Å². The summed E-state index contributed by atoms with van der Waals surface area (Å²) in [5.41, 5.74) is 0. The second-order valence-corrected chi connectivity index (χ2v) is 5.28. The van der Waals surface area contributed by atoms with Gasteiger partial charge < -0.3 is 9.47 Å². The molecule has 1 rings (SSSR count). The summed E-state index contributed by atoms with van der Waals surface area (Å²) < 4.78 is 22.6. The van der Waals surface area contributed by atoms with Crippen molar-refractivity contribution in [2.24, 2.45) is 0 Å². The summed E-state index contributed by atoms with van der Waals surface area (Å²) >= 11 is 1.32. The maximum atomic E-state index is 13.5. The quantitative estimate of drug-likeness (QED) is 0.536. The smallest absolute Gasteiger partial charge is 0.319 e. The van der Waals surface area contributed by atoms with E-state index in [0.29, 0.717) is 17.2 Å². The highest BCUT2D eigenvalue weighted by molar-refractivity contribution is 7.99. The zero-order valence-corrected chi connectivity index (χ0v) is 12.8. The lowest BCUT2D eigenvalue weighted by Gasteiger charge is -2.19. The van der Waals surface area contributed by atoms with Crippen LogP contribution in [0.3, 0.4) is 0 Å². The fourth-order valence-electron chi connectivity index (χ4n) is 1.55. The van der Waals surface area contributed by atoms with Gasteiger partial charge >= 0.3 is 11.9 Å². The number of rotatable bonds is 8. The van der Waals surface area contributed by atoms with E-state index in [1.165, 1.54) is 32.0 Å². The number of thioether (sulfide) groups is 1. The molecule has 0 saturated heterocycles. The van der Waals surface area contributed by atoms with Crippen molar-refractivity contribution in [1.82, 2.24) is 4.90 Å². The minimum Gasteiger partial charge on any atom is -0.468 e. The summed E-state index contributed by atoms with van der Waals surface area (Å²) in [7, 11) is 2.57. The summed E-state index contributed by atoms with van der Waals surface area (Å²) in [5, 5.41) is 0. The number of hydrogen-bond acceptors (Lipinski definition) is 6. The van der Waals surface area contributed by atoms with Gasteiger partial charge in [0.2, 0.25) is 0 Å². The number of nitrogens with zero attached hydrogens (tertiary/aromatic N) is 1. The van der Waals surface area contributed by atoms with Crippen LogP contribution in [0.25, 0.3) is 0 Å². The van der Waals surface area contributed by atoms with Gasteiger partial charge in [-0.1, -0.05) is 12.1 Å². The Morgan fingerprint density at radius 2 is 1.71 bits per heavy atom. The van der Waals surface area contributed by atoms with Gasteiger partial charge in [0.15, 0.2) is 0 Å². The summed E-state index contributed by atoms with van der Waals surface area (Å²) in [6.45, 7) is 0.413. The molecule has 0 amide bonds. The second kappa shape index (κ2) is 9.36. The molecule has 0 aliphatic rings. The van der Waals surface area contributed by atoms with E-state index in [4.69, 9.17) is 0 Å². The lowest BCUT2D eigenvalue weighted by atomic mass is 10.3. The van der Waals surface area contributed by atoms with Crippen LogP contribution in [0.4, 0.5) is 4.39 Å². The standard InChI is InChI=1S/C14H18FNO4S/c1-19-13(17)9-16(10-14(18)20-2)7-8-21-12-6-4-3-5-11(12)15/h3-6H,7-10H2,1-2H3. The number of esters is 2. The first-order valence-electron chi connectivity index (χ1n) is 6.30. The number of halogens is 1. The molecule has 0 aliphatic carbocycles. The van der Waals surface area contributed by atoms with Crippen molar-refractivity contribution in [2.75, 3.05) is 39.6 Å². The van der Waals surface area contributed by atoms with Crippen LogP contribution in [0.15, 0.2) is 29.2 Å². The van der Waals surface area contributed by atoms with Gasteiger partial charge in [0.05, 0.1) is 27.3 Å². The highest BCUT2D eigenvalue weighted by Gasteiger charge is 2.15. The second-order valence-electron chi connectivity index (χ2n) is 4.14. The monoisotopic (exact) mass is 315 g/mol. The number of benzene rings is 1. The van der Waals surface area contributed by atoms with E-state index in [1.807, 2.05) is 0 Å². The largest absolute Gasteiger partial charge is 0.468 e. The van der Waals surface area contributed by atoms with E-state index in [9.17, 15) is 14.0 Å². The molecule has 7 heteroatoms. The highest BCUT2D eigenvalue weighted by Crippen LogP contribution is 2.20. The van der Waals surface area contributed by atoms with Gasteiger partial charge in [-0.2, -0.15) is 0 Å². The summed E-state index contributed by atoms with van der Waals surface area (Å²) in [4.78, 5) is 24.7. The van der Waals surface area contributed by atoms with Gasteiger partial charge in [0, 0.05) is 17.2 Å². The molecule has 0 fully saturated rings. The molecule has 0 heterocycles. The van der Waals surface area contributed by atoms with Gasteiger partial charge in [-0.25, -0.2) is 4.39 Å². The lowest BCUT2D eigenvalue weighted by Crippen LogP contribution is -2.37. The first-order valence-corrected chi connectivity index (χ1v) is 7.28. The molecular weight excluding hydrogens is 297 g/mol. The third-order valence-electron chi connectivity index (χ3n) is 2.66. The Morgan fingerprint density at radius 1 is 1.14 bits per heavy atom. The zero-order chi connectivity index (χ0) is 15.7. The average Bonchev–Trinajstić information content (AvgIpc) is 2.48. The van der Waals surface area contributed by atoms with Crippen LogP contribution in [-0.4, -0.2) is 56.4 Å². The van der Waals surface area contributed by atoms with E-state index in [-0.39, 0.29) is 18.9 Å². The molecule has 0 aromatic heterocycles. The Kier molecular flexibility index (Phi) is 7.78. The molecule has 0 N–H and O–H groups in total. The van der Waals surface area contributed by atoms with Crippen molar-refractivity contribution in [2.45, 2.75) is 4.90 Å². The molecule has 0 unspecified atom stereocenters. The van der Waals surface area contributed by atoms with Crippen molar-refractivity contribution >= 4 is 23.7 Å². The molecule has 0 aliphatic heterocycles. The topological polar surface area (TPSA) is 55.8 Å². The van der Waals surface area contributed by atoms with Gasteiger partial charge in [-0.3, -0.25) is 14.5 Å². The van der Waals surface area contributed by atoms with Gasteiger partial charge in [-0.05, 0) is 12.1 Å². The Labute approximate surface area is 127 Å². The summed E-state index contributed by atoms with van der Waals surface area (Å²) in [6.07, 6.45) is 0. The number of hydrogen-bond donors (Lipinski definition) is 0. The zero-order valence-electron chi connectivity index (χ0n) is 12.0. The molecular formula is C14H18FNO4S. The van der Waals surface area contributed by atoms with E-state index >= 15 is 0 Å². The van der Waals surface area contributed by atoms with Crippen molar-refractivity contribution in [1.29, 1.82) is 0 Å². The fraction of sp³-hybridized carbons (Fsp3) is 0.429. The van der Waals surface area contributed by atoms with Crippen LogP contribution in [0.5, 0.6) is 0 Å². The predicted molar refractivity (Wildman–Crippen MR) is 77.6 cm³/mol. The van der Waals surface area contributed by atoms with E-state index < -0.39 is 11.9 Å². The lowest BCUT2D eigenvalue weighted by molar-refractivity contribution is -0.145. The molecule has 1 aromatic rings. The van der Waals surface area contributed by atoms with Gasteiger partial charge in [0.25, 0.3) is 0 Å². The Bertz CT molecular complexity index is 466. The Hall–Kier alpha value is -1.60. The third kappa shape index (κ3) is 6.59. The first kappa shape index (κ1) is 17.5. The van der Waals surface area contributed by atoms with Crippen LogP contribution in [0.2, 0.25) is 0 Å². The molecule has 1 aromatic carbocycles. The summed E-state index contributed by atoms with van der Waals surface area (Å²) in [5.74, 6) is -0.617. The van der Waals surface area contributed by atoms with Crippen molar-refractivity contribution in [3.05, 3.63) is 30.1 Å².